The van der Waals surface area contributed by atoms with E-state index in [9.17, 15) is 0 Å². The van der Waals surface area contributed by atoms with Gasteiger partial charge in [0.25, 0.3) is 0 Å². The third-order valence-corrected chi connectivity index (χ3v) is 3.85. The average molecular weight is 306 g/mol. The van der Waals surface area contributed by atoms with Crippen LogP contribution in [0.1, 0.15) is 0 Å². The summed E-state index contributed by atoms with van der Waals surface area (Å²) in [4.78, 5) is 16.6. The number of halogens is 1. The Balaban J connectivity index is 1.61. The number of aromatic amines is 1. The molecule has 0 aliphatic heterocycles. The minimum Gasteiger partial charge on any atom is -0.367 e. The SMILES string of the molecule is Clc1nc(NCCSc2ccccc2)c2[nH]cnc2n1. The first kappa shape index (κ1) is 13.2. The highest BCUT2D eigenvalue weighted by atomic mass is 35.5. The number of fused-ring (bicyclic) bond motifs is 1. The van der Waals surface area contributed by atoms with Crippen LogP contribution in [0.2, 0.25) is 5.28 Å². The predicted octanol–water partition coefficient (Wildman–Crippen LogP) is 3.21. The first-order chi connectivity index (χ1) is 9.83. The van der Waals surface area contributed by atoms with Gasteiger partial charge in [-0.05, 0) is 23.7 Å². The molecule has 0 radical (unpaired) electrons. The van der Waals surface area contributed by atoms with E-state index < -0.39 is 0 Å². The maximum Gasteiger partial charge on any atom is 0.226 e. The lowest BCUT2D eigenvalue weighted by Crippen LogP contribution is -2.07. The van der Waals surface area contributed by atoms with Gasteiger partial charge >= 0.3 is 0 Å². The van der Waals surface area contributed by atoms with Crippen LogP contribution < -0.4 is 5.32 Å². The normalized spacial score (nSPS) is 10.8. The molecule has 1 aromatic carbocycles. The van der Waals surface area contributed by atoms with Crippen molar-refractivity contribution in [3.05, 3.63) is 41.9 Å². The second-order valence-corrected chi connectivity index (χ2v) is 5.54. The Morgan fingerprint density at radius 3 is 2.90 bits per heavy atom. The van der Waals surface area contributed by atoms with Crippen molar-refractivity contribution in [2.45, 2.75) is 4.90 Å². The Kier molecular flexibility index (Phi) is 4.03. The van der Waals surface area contributed by atoms with Gasteiger partial charge in [-0.1, -0.05) is 18.2 Å². The van der Waals surface area contributed by atoms with Crippen molar-refractivity contribution >= 4 is 40.3 Å². The highest BCUT2D eigenvalue weighted by molar-refractivity contribution is 7.99. The van der Waals surface area contributed by atoms with Crippen LogP contribution in [0, 0.1) is 0 Å². The lowest BCUT2D eigenvalue weighted by molar-refractivity contribution is 1.14. The Morgan fingerprint density at radius 2 is 2.05 bits per heavy atom. The van der Waals surface area contributed by atoms with Crippen LogP contribution in [-0.4, -0.2) is 32.2 Å². The molecule has 0 unspecified atom stereocenters. The van der Waals surface area contributed by atoms with Crippen LogP contribution >= 0.6 is 23.4 Å². The summed E-state index contributed by atoms with van der Waals surface area (Å²) in [7, 11) is 0. The molecule has 0 aliphatic carbocycles. The van der Waals surface area contributed by atoms with Crippen molar-refractivity contribution in [3.8, 4) is 0 Å². The van der Waals surface area contributed by atoms with Crippen LogP contribution in [0.3, 0.4) is 0 Å². The summed E-state index contributed by atoms with van der Waals surface area (Å²) >= 11 is 7.65. The van der Waals surface area contributed by atoms with E-state index in [1.165, 1.54) is 4.90 Å². The van der Waals surface area contributed by atoms with Crippen molar-refractivity contribution in [2.24, 2.45) is 0 Å². The van der Waals surface area contributed by atoms with Crippen LogP contribution in [-0.2, 0) is 0 Å². The van der Waals surface area contributed by atoms with Crippen molar-refractivity contribution in [3.63, 3.8) is 0 Å². The molecule has 102 valence electrons. The van der Waals surface area contributed by atoms with Gasteiger partial charge in [0, 0.05) is 17.2 Å². The van der Waals surface area contributed by atoms with Gasteiger partial charge in [-0.15, -0.1) is 11.8 Å². The van der Waals surface area contributed by atoms with E-state index in [2.05, 4.69) is 37.4 Å². The molecule has 0 bridgehead atoms. The third-order valence-electron chi connectivity index (χ3n) is 2.66. The second kappa shape index (κ2) is 6.11. The molecular formula is C13H12ClN5S. The smallest absolute Gasteiger partial charge is 0.226 e. The van der Waals surface area contributed by atoms with Gasteiger partial charge in [-0.25, -0.2) is 4.98 Å². The largest absolute Gasteiger partial charge is 0.367 e. The van der Waals surface area contributed by atoms with Crippen molar-refractivity contribution in [1.82, 2.24) is 19.9 Å². The molecule has 0 fully saturated rings. The van der Waals surface area contributed by atoms with Gasteiger partial charge in [-0.2, -0.15) is 9.97 Å². The first-order valence-electron chi connectivity index (χ1n) is 6.11. The zero-order valence-corrected chi connectivity index (χ0v) is 12.1. The summed E-state index contributed by atoms with van der Waals surface area (Å²) in [6.45, 7) is 0.779. The molecule has 2 heterocycles. The molecule has 3 aromatic rings. The number of aromatic nitrogens is 4. The maximum absolute atomic E-state index is 5.87. The highest BCUT2D eigenvalue weighted by Crippen LogP contribution is 2.20. The summed E-state index contributed by atoms with van der Waals surface area (Å²) in [5.74, 6) is 1.62. The third kappa shape index (κ3) is 3.02. The number of rotatable bonds is 5. The highest BCUT2D eigenvalue weighted by Gasteiger charge is 2.08. The minimum atomic E-state index is 0.197. The molecule has 2 N–H and O–H groups in total. The van der Waals surface area contributed by atoms with E-state index in [0.717, 1.165) is 17.8 Å². The summed E-state index contributed by atoms with van der Waals surface area (Å²) in [6, 6.07) is 10.3. The Morgan fingerprint density at radius 1 is 1.20 bits per heavy atom. The molecule has 0 saturated heterocycles. The number of imidazole rings is 1. The molecular weight excluding hydrogens is 294 g/mol. The summed E-state index contributed by atoms with van der Waals surface area (Å²) in [5, 5.41) is 3.45. The fourth-order valence-electron chi connectivity index (χ4n) is 1.79. The topological polar surface area (TPSA) is 66.5 Å². The van der Waals surface area contributed by atoms with Crippen molar-refractivity contribution in [2.75, 3.05) is 17.6 Å². The molecule has 0 saturated carbocycles. The number of nitrogens with one attached hydrogen (secondary N) is 2. The quantitative estimate of drug-likeness (QED) is 0.430. The summed E-state index contributed by atoms with van der Waals surface area (Å²) in [6.07, 6.45) is 1.58. The van der Waals surface area contributed by atoms with Gasteiger partial charge in [0.1, 0.15) is 5.52 Å². The van der Waals surface area contributed by atoms with Gasteiger partial charge in [0.2, 0.25) is 5.28 Å². The van der Waals surface area contributed by atoms with E-state index >= 15 is 0 Å². The van der Waals surface area contributed by atoms with Gasteiger partial charge in [0.15, 0.2) is 11.5 Å². The van der Waals surface area contributed by atoms with Gasteiger partial charge in [-0.3, -0.25) is 0 Å². The first-order valence-corrected chi connectivity index (χ1v) is 7.47. The predicted molar refractivity (Wildman–Crippen MR) is 82.3 cm³/mol. The zero-order chi connectivity index (χ0) is 13.8. The zero-order valence-electron chi connectivity index (χ0n) is 10.5. The number of H-pyrrole nitrogens is 1. The summed E-state index contributed by atoms with van der Waals surface area (Å²) in [5.41, 5.74) is 1.35. The lowest BCUT2D eigenvalue weighted by Gasteiger charge is -2.06. The van der Waals surface area contributed by atoms with Crippen molar-refractivity contribution < 1.29 is 0 Å². The van der Waals surface area contributed by atoms with E-state index in [-0.39, 0.29) is 5.28 Å². The van der Waals surface area contributed by atoms with Crippen LogP contribution in [0.25, 0.3) is 11.2 Å². The van der Waals surface area contributed by atoms with Crippen LogP contribution in [0.15, 0.2) is 41.6 Å². The number of thioether (sulfide) groups is 1. The molecule has 3 rings (SSSR count). The van der Waals surface area contributed by atoms with Crippen LogP contribution in [0.4, 0.5) is 5.82 Å². The van der Waals surface area contributed by atoms with E-state index in [1.54, 1.807) is 18.1 Å². The standard InChI is InChI=1S/C13H12ClN5S/c14-13-18-11(10-12(19-13)17-8-16-10)15-6-7-20-9-4-2-1-3-5-9/h1-5,8H,6-7H2,(H2,15,16,17,18,19). The fraction of sp³-hybridized carbons (Fsp3) is 0.154. The van der Waals surface area contributed by atoms with Gasteiger partial charge < -0.3 is 10.3 Å². The molecule has 7 heteroatoms. The molecule has 0 amide bonds. The number of hydrogen-bond donors (Lipinski definition) is 2. The van der Waals surface area contributed by atoms with Crippen LogP contribution in [0.5, 0.6) is 0 Å². The lowest BCUT2D eigenvalue weighted by atomic mass is 10.4. The Bertz CT molecular complexity index is 700. The van der Waals surface area contributed by atoms with E-state index in [1.807, 2.05) is 18.2 Å². The monoisotopic (exact) mass is 305 g/mol. The number of nitrogens with zero attached hydrogens (tertiary/aromatic N) is 3. The van der Waals surface area contributed by atoms with E-state index in [4.69, 9.17) is 11.6 Å². The van der Waals surface area contributed by atoms with Gasteiger partial charge in [0.05, 0.1) is 6.33 Å². The molecule has 2 aromatic heterocycles. The minimum absolute atomic E-state index is 0.197. The number of benzene rings is 1. The van der Waals surface area contributed by atoms with E-state index in [0.29, 0.717) is 11.5 Å². The number of anilines is 1. The Labute approximate surface area is 125 Å². The Hall–Kier alpha value is -1.79. The fourth-order valence-corrected chi connectivity index (χ4v) is 2.74. The second-order valence-electron chi connectivity index (χ2n) is 4.03. The molecule has 0 spiro atoms. The molecule has 0 aliphatic rings. The van der Waals surface area contributed by atoms with Crippen molar-refractivity contribution in [1.29, 1.82) is 0 Å². The molecule has 5 nitrogen and oxygen atoms in total. The molecule has 20 heavy (non-hydrogen) atoms. The average Bonchev–Trinajstić information content (AvgIpc) is 2.92. The maximum atomic E-state index is 5.87. The molecule has 0 atom stereocenters. The summed E-state index contributed by atoms with van der Waals surface area (Å²) < 4.78 is 0. The number of hydrogen-bond acceptors (Lipinski definition) is 5.